The molecule has 7 heteroatoms. The normalized spacial score (nSPS) is 14.2. The van der Waals surface area contributed by atoms with Gasteiger partial charge in [-0.1, -0.05) is 17.7 Å². The number of nitrogens with zero attached hydrogens (tertiary/aromatic N) is 2. The van der Waals surface area contributed by atoms with E-state index in [9.17, 15) is 13.2 Å². The average Bonchev–Trinajstić information content (AvgIpc) is 3.21. The van der Waals surface area contributed by atoms with Gasteiger partial charge in [0.1, 0.15) is 12.3 Å². The molecule has 1 heterocycles. The molecule has 0 N–H and O–H groups in total. The van der Waals surface area contributed by atoms with Gasteiger partial charge in [0, 0.05) is 13.1 Å². The van der Waals surface area contributed by atoms with Gasteiger partial charge in [-0.3, -0.25) is 9.10 Å². The van der Waals surface area contributed by atoms with Crippen molar-refractivity contribution in [3.05, 3.63) is 54.1 Å². The van der Waals surface area contributed by atoms with Crippen molar-refractivity contribution < 1.29 is 17.9 Å². The van der Waals surface area contributed by atoms with Gasteiger partial charge in [0.25, 0.3) is 10.0 Å². The number of hydrogen-bond acceptors (Lipinski definition) is 4. The molecule has 0 bridgehead atoms. The number of rotatable bonds is 6. The highest BCUT2D eigenvalue weighted by atomic mass is 32.2. The van der Waals surface area contributed by atoms with E-state index in [2.05, 4.69) is 0 Å². The Morgan fingerprint density at radius 1 is 1.04 bits per heavy atom. The minimum absolute atomic E-state index is 0.165. The summed E-state index contributed by atoms with van der Waals surface area (Å²) in [5, 5.41) is 0. The number of carbonyl (C=O) groups is 1. The largest absolute Gasteiger partial charge is 0.497 e. The Labute approximate surface area is 160 Å². The fourth-order valence-corrected chi connectivity index (χ4v) is 4.50. The molecule has 0 atom stereocenters. The SMILES string of the molecule is COc1ccc(N(CC(=O)N2CCCC2)S(=O)(=O)c2ccc(C)cc2)cc1. The number of methoxy groups -OCH3 is 1. The summed E-state index contributed by atoms with van der Waals surface area (Å²) >= 11 is 0. The number of aryl methyl sites for hydroxylation is 1. The van der Waals surface area contributed by atoms with Crippen LogP contribution in [0.25, 0.3) is 0 Å². The zero-order valence-corrected chi connectivity index (χ0v) is 16.4. The van der Waals surface area contributed by atoms with E-state index in [1.807, 2.05) is 6.92 Å². The predicted molar refractivity (Wildman–Crippen MR) is 105 cm³/mol. The minimum atomic E-state index is -3.87. The minimum Gasteiger partial charge on any atom is -0.497 e. The number of benzene rings is 2. The lowest BCUT2D eigenvalue weighted by Crippen LogP contribution is -2.42. The van der Waals surface area contributed by atoms with E-state index >= 15 is 0 Å². The Bertz CT molecular complexity index is 887. The molecule has 2 aromatic carbocycles. The van der Waals surface area contributed by atoms with Gasteiger partial charge in [-0.2, -0.15) is 0 Å². The molecule has 27 heavy (non-hydrogen) atoms. The highest BCUT2D eigenvalue weighted by Gasteiger charge is 2.29. The van der Waals surface area contributed by atoms with Crippen LogP contribution in [0.1, 0.15) is 18.4 Å². The molecule has 0 radical (unpaired) electrons. The molecule has 0 aliphatic carbocycles. The summed E-state index contributed by atoms with van der Waals surface area (Å²) in [6.45, 7) is 3.04. The first-order valence-electron chi connectivity index (χ1n) is 8.93. The maximum Gasteiger partial charge on any atom is 0.264 e. The lowest BCUT2D eigenvalue weighted by atomic mass is 10.2. The van der Waals surface area contributed by atoms with Gasteiger partial charge in [-0.15, -0.1) is 0 Å². The quantitative estimate of drug-likeness (QED) is 0.763. The average molecular weight is 388 g/mol. The number of anilines is 1. The highest BCUT2D eigenvalue weighted by molar-refractivity contribution is 7.92. The van der Waals surface area contributed by atoms with Crippen LogP contribution in [0.4, 0.5) is 5.69 Å². The standard InChI is InChI=1S/C20H24N2O4S/c1-16-5-11-19(12-6-16)27(24,25)22(15-20(23)21-13-3-4-14-21)17-7-9-18(26-2)10-8-17/h5-12H,3-4,13-15H2,1-2H3. The zero-order chi connectivity index (χ0) is 19.4. The van der Waals surface area contributed by atoms with Crippen LogP contribution < -0.4 is 9.04 Å². The lowest BCUT2D eigenvalue weighted by Gasteiger charge is -2.26. The molecular weight excluding hydrogens is 364 g/mol. The number of sulfonamides is 1. The maximum atomic E-state index is 13.3. The Kier molecular flexibility index (Phi) is 5.70. The zero-order valence-electron chi connectivity index (χ0n) is 15.6. The Balaban J connectivity index is 1.97. The van der Waals surface area contributed by atoms with E-state index < -0.39 is 10.0 Å². The van der Waals surface area contributed by atoms with Crippen molar-refractivity contribution in [2.45, 2.75) is 24.7 Å². The second-order valence-electron chi connectivity index (χ2n) is 6.61. The summed E-state index contributed by atoms with van der Waals surface area (Å²) in [5.74, 6) is 0.441. The number of likely N-dealkylation sites (tertiary alicyclic amines) is 1. The van der Waals surface area contributed by atoms with Crippen LogP contribution in [0.3, 0.4) is 0 Å². The van der Waals surface area contributed by atoms with E-state index in [0.29, 0.717) is 24.5 Å². The summed E-state index contributed by atoms with van der Waals surface area (Å²) in [7, 11) is -2.32. The summed E-state index contributed by atoms with van der Waals surface area (Å²) < 4.78 is 32.9. The number of amides is 1. The van der Waals surface area contributed by atoms with Crippen molar-refractivity contribution in [1.82, 2.24) is 4.90 Å². The second-order valence-corrected chi connectivity index (χ2v) is 8.47. The van der Waals surface area contributed by atoms with Gasteiger partial charge in [0.15, 0.2) is 0 Å². The van der Waals surface area contributed by atoms with Gasteiger partial charge in [0.05, 0.1) is 17.7 Å². The molecule has 1 aliphatic heterocycles. The number of hydrogen-bond donors (Lipinski definition) is 0. The molecule has 0 aromatic heterocycles. The van der Waals surface area contributed by atoms with Crippen LogP contribution in [-0.4, -0.2) is 46.0 Å². The molecular formula is C20H24N2O4S. The van der Waals surface area contributed by atoms with Gasteiger partial charge >= 0.3 is 0 Å². The van der Waals surface area contributed by atoms with E-state index in [1.54, 1.807) is 60.5 Å². The molecule has 1 saturated heterocycles. The molecule has 6 nitrogen and oxygen atoms in total. The molecule has 3 rings (SSSR count). The van der Waals surface area contributed by atoms with Gasteiger partial charge in [0.2, 0.25) is 5.91 Å². The van der Waals surface area contributed by atoms with Crippen molar-refractivity contribution in [2.75, 3.05) is 31.0 Å². The molecule has 1 fully saturated rings. The van der Waals surface area contributed by atoms with Crippen LogP contribution >= 0.6 is 0 Å². The van der Waals surface area contributed by atoms with Crippen molar-refractivity contribution >= 4 is 21.6 Å². The summed E-state index contributed by atoms with van der Waals surface area (Å²) in [5.41, 5.74) is 1.40. The van der Waals surface area contributed by atoms with E-state index in [0.717, 1.165) is 18.4 Å². The third-order valence-corrected chi connectivity index (χ3v) is 6.50. The summed E-state index contributed by atoms with van der Waals surface area (Å²) in [6, 6.07) is 13.3. The monoisotopic (exact) mass is 388 g/mol. The van der Waals surface area contributed by atoms with Crippen molar-refractivity contribution in [1.29, 1.82) is 0 Å². The first kappa shape index (κ1) is 19.2. The van der Waals surface area contributed by atoms with Crippen molar-refractivity contribution in [3.8, 4) is 5.75 Å². The first-order valence-corrected chi connectivity index (χ1v) is 10.4. The predicted octanol–water partition coefficient (Wildman–Crippen LogP) is 2.82. The number of ether oxygens (including phenoxy) is 1. The Morgan fingerprint density at radius 2 is 1.63 bits per heavy atom. The van der Waals surface area contributed by atoms with E-state index in [1.165, 1.54) is 4.31 Å². The first-order chi connectivity index (χ1) is 12.9. The third-order valence-electron chi connectivity index (χ3n) is 4.71. The van der Waals surface area contributed by atoms with Crippen molar-refractivity contribution in [3.63, 3.8) is 0 Å². The molecule has 144 valence electrons. The molecule has 0 saturated carbocycles. The fraction of sp³-hybridized carbons (Fsp3) is 0.350. The van der Waals surface area contributed by atoms with Crippen LogP contribution in [0.5, 0.6) is 5.75 Å². The molecule has 0 spiro atoms. The maximum absolute atomic E-state index is 13.3. The van der Waals surface area contributed by atoms with Gasteiger partial charge in [-0.25, -0.2) is 8.42 Å². The smallest absolute Gasteiger partial charge is 0.264 e. The molecule has 1 aliphatic rings. The third kappa shape index (κ3) is 4.24. The summed E-state index contributed by atoms with van der Waals surface area (Å²) in [6.07, 6.45) is 1.91. The van der Waals surface area contributed by atoms with Gasteiger partial charge in [-0.05, 0) is 56.2 Å². The lowest BCUT2D eigenvalue weighted by molar-refractivity contribution is -0.128. The Hall–Kier alpha value is -2.54. The number of carbonyl (C=O) groups excluding carboxylic acids is 1. The highest BCUT2D eigenvalue weighted by Crippen LogP contribution is 2.26. The molecule has 2 aromatic rings. The molecule has 1 amide bonds. The topological polar surface area (TPSA) is 66.9 Å². The summed E-state index contributed by atoms with van der Waals surface area (Å²) in [4.78, 5) is 14.6. The molecule has 0 unspecified atom stereocenters. The van der Waals surface area contributed by atoms with E-state index in [-0.39, 0.29) is 17.3 Å². The van der Waals surface area contributed by atoms with Crippen LogP contribution in [0.15, 0.2) is 53.4 Å². The van der Waals surface area contributed by atoms with Gasteiger partial charge < -0.3 is 9.64 Å². The van der Waals surface area contributed by atoms with Crippen LogP contribution in [0, 0.1) is 6.92 Å². The Morgan fingerprint density at radius 3 is 2.19 bits per heavy atom. The second kappa shape index (κ2) is 8.00. The fourth-order valence-electron chi connectivity index (χ4n) is 3.09. The van der Waals surface area contributed by atoms with Crippen molar-refractivity contribution in [2.24, 2.45) is 0 Å². The van der Waals surface area contributed by atoms with E-state index in [4.69, 9.17) is 4.74 Å². The van der Waals surface area contributed by atoms with Crippen LogP contribution in [-0.2, 0) is 14.8 Å². The van der Waals surface area contributed by atoms with Crippen LogP contribution in [0.2, 0.25) is 0 Å².